The van der Waals surface area contributed by atoms with Crippen LogP contribution >= 0.6 is 11.6 Å². The summed E-state index contributed by atoms with van der Waals surface area (Å²) >= 11 is 5.82. The highest BCUT2D eigenvalue weighted by molar-refractivity contribution is 6.18. The van der Waals surface area contributed by atoms with Gasteiger partial charge in [0, 0.05) is 12.4 Å². The van der Waals surface area contributed by atoms with Crippen LogP contribution in [0.3, 0.4) is 0 Å². The lowest BCUT2D eigenvalue weighted by molar-refractivity contribution is 0.293. The van der Waals surface area contributed by atoms with Crippen molar-refractivity contribution in [2.45, 2.75) is 5.88 Å². The van der Waals surface area contributed by atoms with Crippen LogP contribution in [0.25, 0.3) is 11.0 Å². The molecule has 0 saturated carbocycles. The average molecular weight is 227 g/mol. The lowest BCUT2D eigenvalue weighted by Gasteiger charge is -2.01. The van der Waals surface area contributed by atoms with Gasteiger partial charge < -0.3 is 15.0 Å². The van der Waals surface area contributed by atoms with Crippen LogP contribution in [0.2, 0.25) is 0 Å². The lowest BCUT2D eigenvalue weighted by atomic mass is 10.1. The largest absolute Gasteiger partial charge is 0.474 e. The van der Waals surface area contributed by atoms with Crippen molar-refractivity contribution in [3.8, 4) is 5.88 Å². The van der Waals surface area contributed by atoms with E-state index in [-0.39, 0.29) is 0 Å². The van der Waals surface area contributed by atoms with Gasteiger partial charge >= 0.3 is 0 Å². The summed E-state index contributed by atoms with van der Waals surface area (Å²) in [7, 11) is 0. The molecule has 0 bridgehead atoms. The molecule has 1 heterocycles. The first-order chi connectivity index (χ1) is 7.36. The number of benzene rings is 1. The summed E-state index contributed by atoms with van der Waals surface area (Å²) in [5.41, 5.74) is 6.98. The SMILES string of the molecule is NCCOc1noc2cccc(CCl)c12. The number of hydrogen-bond donors (Lipinski definition) is 1. The highest BCUT2D eigenvalue weighted by Gasteiger charge is 2.12. The van der Waals surface area contributed by atoms with Crippen molar-refractivity contribution < 1.29 is 9.26 Å². The first-order valence-corrected chi connectivity index (χ1v) is 5.16. The first-order valence-electron chi connectivity index (χ1n) is 4.63. The summed E-state index contributed by atoms with van der Waals surface area (Å²) in [6, 6.07) is 5.62. The Labute approximate surface area is 91.9 Å². The Bertz CT molecular complexity index is 456. The Morgan fingerprint density at radius 1 is 1.47 bits per heavy atom. The highest BCUT2D eigenvalue weighted by atomic mass is 35.5. The van der Waals surface area contributed by atoms with Gasteiger partial charge in [-0.15, -0.1) is 11.6 Å². The molecule has 0 fully saturated rings. The van der Waals surface area contributed by atoms with Gasteiger partial charge in [0.15, 0.2) is 5.58 Å². The van der Waals surface area contributed by atoms with Gasteiger partial charge in [-0.2, -0.15) is 0 Å². The zero-order chi connectivity index (χ0) is 10.7. The predicted octanol–water partition coefficient (Wildman–Crippen LogP) is 1.90. The Balaban J connectivity index is 2.46. The number of ether oxygens (including phenoxy) is 1. The van der Waals surface area contributed by atoms with Crippen molar-refractivity contribution >= 4 is 22.6 Å². The van der Waals surface area contributed by atoms with Crippen molar-refractivity contribution in [3.05, 3.63) is 23.8 Å². The molecule has 15 heavy (non-hydrogen) atoms. The Hall–Kier alpha value is -1.26. The second-order valence-corrected chi connectivity index (χ2v) is 3.32. The number of fused-ring (bicyclic) bond motifs is 1. The van der Waals surface area contributed by atoms with Gasteiger partial charge in [0.25, 0.3) is 5.88 Å². The molecule has 0 spiro atoms. The summed E-state index contributed by atoms with van der Waals surface area (Å²) < 4.78 is 10.5. The van der Waals surface area contributed by atoms with Crippen LogP contribution in [-0.2, 0) is 5.88 Å². The molecular formula is C10H11ClN2O2. The van der Waals surface area contributed by atoms with E-state index < -0.39 is 0 Å². The number of nitrogens with zero attached hydrogens (tertiary/aromatic N) is 1. The molecule has 2 rings (SSSR count). The number of rotatable bonds is 4. The third kappa shape index (κ3) is 1.91. The molecule has 0 atom stereocenters. The molecule has 1 aromatic carbocycles. The van der Waals surface area contributed by atoms with Gasteiger partial charge in [0.2, 0.25) is 0 Å². The molecule has 2 aromatic rings. The summed E-state index contributed by atoms with van der Waals surface area (Å²) in [6.07, 6.45) is 0. The third-order valence-corrected chi connectivity index (χ3v) is 2.34. The van der Waals surface area contributed by atoms with Crippen molar-refractivity contribution in [1.29, 1.82) is 0 Å². The highest BCUT2D eigenvalue weighted by Crippen LogP contribution is 2.29. The van der Waals surface area contributed by atoms with Crippen molar-refractivity contribution in [2.75, 3.05) is 13.2 Å². The van der Waals surface area contributed by atoms with E-state index >= 15 is 0 Å². The predicted molar refractivity (Wildman–Crippen MR) is 58.1 cm³/mol. The van der Waals surface area contributed by atoms with E-state index in [1.165, 1.54) is 0 Å². The van der Waals surface area contributed by atoms with E-state index in [2.05, 4.69) is 5.16 Å². The zero-order valence-corrected chi connectivity index (χ0v) is 8.83. The monoisotopic (exact) mass is 226 g/mol. The molecule has 5 heteroatoms. The molecule has 0 amide bonds. The second-order valence-electron chi connectivity index (χ2n) is 3.05. The summed E-state index contributed by atoms with van der Waals surface area (Å²) in [4.78, 5) is 0. The van der Waals surface area contributed by atoms with Gasteiger partial charge in [-0.05, 0) is 16.8 Å². The topological polar surface area (TPSA) is 61.3 Å². The first kappa shape index (κ1) is 10.3. The number of nitrogens with two attached hydrogens (primary N) is 1. The van der Waals surface area contributed by atoms with Crippen molar-refractivity contribution in [3.63, 3.8) is 0 Å². The van der Waals surface area contributed by atoms with Crippen LogP contribution in [0.5, 0.6) is 5.88 Å². The number of aromatic nitrogens is 1. The van der Waals surface area contributed by atoms with Gasteiger partial charge in [-0.1, -0.05) is 12.1 Å². The lowest BCUT2D eigenvalue weighted by Crippen LogP contribution is -2.10. The fourth-order valence-electron chi connectivity index (χ4n) is 1.40. The number of hydrogen-bond acceptors (Lipinski definition) is 4. The van der Waals surface area contributed by atoms with Gasteiger partial charge in [0.1, 0.15) is 6.61 Å². The van der Waals surface area contributed by atoms with E-state index in [1.54, 1.807) is 0 Å². The molecule has 0 radical (unpaired) electrons. The fraction of sp³-hybridized carbons (Fsp3) is 0.300. The third-order valence-electron chi connectivity index (χ3n) is 2.05. The van der Waals surface area contributed by atoms with E-state index in [9.17, 15) is 0 Å². The normalized spacial score (nSPS) is 10.8. The van der Waals surface area contributed by atoms with E-state index in [0.29, 0.717) is 30.5 Å². The van der Waals surface area contributed by atoms with E-state index in [1.807, 2.05) is 18.2 Å². The summed E-state index contributed by atoms with van der Waals surface area (Å²) in [5.74, 6) is 0.865. The molecule has 0 saturated heterocycles. The van der Waals surface area contributed by atoms with Gasteiger partial charge in [0.05, 0.1) is 5.39 Å². The second kappa shape index (κ2) is 4.51. The number of halogens is 1. The maximum Gasteiger partial charge on any atom is 0.262 e. The van der Waals surface area contributed by atoms with Gasteiger partial charge in [-0.25, -0.2) is 0 Å². The maximum absolute atomic E-state index is 5.82. The molecule has 0 aliphatic rings. The van der Waals surface area contributed by atoms with E-state index in [4.69, 9.17) is 26.6 Å². The van der Waals surface area contributed by atoms with Crippen LogP contribution in [0.15, 0.2) is 22.7 Å². The molecule has 0 aliphatic heterocycles. The Morgan fingerprint density at radius 2 is 2.33 bits per heavy atom. The summed E-state index contributed by atoms with van der Waals surface area (Å²) in [6.45, 7) is 0.857. The molecule has 1 aromatic heterocycles. The Kier molecular flexibility index (Phi) is 3.08. The van der Waals surface area contributed by atoms with Crippen LogP contribution in [-0.4, -0.2) is 18.3 Å². The van der Waals surface area contributed by atoms with Gasteiger partial charge in [-0.3, -0.25) is 0 Å². The van der Waals surface area contributed by atoms with E-state index in [0.717, 1.165) is 10.9 Å². The average Bonchev–Trinajstić information content (AvgIpc) is 2.69. The molecular weight excluding hydrogens is 216 g/mol. The van der Waals surface area contributed by atoms with Crippen LogP contribution in [0.1, 0.15) is 5.56 Å². The van der Waals surface area contributed by atoms with Crippen molar-refractivity contribution in [2.24, 2.45) is 5.73 Å². The maximum atomic E-state index is 5.82. The molecule has 0 aliphatic carbocycles. The molecule has 0 unspecified atom stereocenters. The minimum absolute atomic E-state index is 0.400. The quantitative estimate of drug-likeness (QED) is 0.809. The zero-order valence-electron chi connectivity index (χ0n) is 8.07. The smallest absolute Gasteiger partial charge is 0.262 e. The molecule has 80 valence electrons. The van der Waals surface area contributed by atoms with Crippen LogP contribution < -0.4 is 10.5 Å². The number of alkyl halides is 1. The standard InChI is InChI=1S/C10H11ClN2O2/c11-6-7-2-1-3-8-9(7)10(13-15-8)14-5-4-12/h1-3H,4-6,12H2. The summed E-state index contributed by atoms with van der Waals surface area (Å²) in [5, 5.41) is 4.66. The van der Waals surface area contributed by atoms with Crippen LogP contribution in [0, 0.1) is 0 Å². The van der Waals surface area contributed by atoms with Crippen molar-refractivity contribution in [1.82, 2.24) is 5.16 Å². The Morgan fingerprint density at radius 3 is 3.07 bits per heavy atom. The fourth-order valence-corrected chi connectivity index (χ4v) is 1.62. The molecule has 4 nitrogen and oxygen atoms in total. The molecule has 2 N–H and O–H groups in total. The van der Waals surface area contributed by atoms with Crippen LogP contribution in [0.4, 0.5) is 0 Å². The minimum Gasteiger partial charge on any atom is -0.474 e. The minimum atomic E-state index is 0.400.